The van der Waals surface area contributed by atoms with E-state index in [2.05, 4.69) is 5.10 Å². The van der Waals surface area contributed by atoms with E-state index in [0.29, 0.717) is 31.0 Å². The van der Waals surface area contributed by atoms with Gasteiger partial charge in [0.1, 0.15) is 5.75 Å². The summed E-state index contributed by atoms with van der Waals surface area (Å²) in [6.45, 7) is 0.696. The van der Waals surface area contributed by atoms with E-state index in [1.165, 1.54) is 33.8 Å². The number of carbonyl (C=O) groups is 1. The summed E-state index contributed by atoms with van der Waals surface area (Å²) >= 11 is 0. The first-order valence-corrected chi connectivity index (χ1v) is 11.5. The van der Waals surface area contributed by atoms with Gasteiger partial charge < -0.3 is 9.64 Å². The van der Waals surface area contributed by atoms with E-state index in [0.717, 1.165) is 6.26 Å². The fraction of sp³-hybridized carbons (Fsp3) is 0.238. The van der Waals surface area contributed by atoms with Crippen LogP contribution in [-0.2, 0) is 9.84 Å². The smallest absolute Gasteiger partial charge is 0.274 e. The number of sulfone groups is 1. The molecule has 0 unspecified atom stereocenters. The largest absolute Gasteiger partial charge is 0.493 e. The Morgan fingerprint density at radius 2 is 1.94 bits per heavy atom. The van der Waals surface area contributed by atoms with E-state index < -0.39 is 14.8 Å². The molecule has 0 aliphatic heterocycles. The molecule has 0 radical (unpaired) electrons. The molecule has 11 heteroatoms. The van der Waals surface area contributed by atoms with Gasteiger partial charge in [-0.05, 0) is 36.8 Å². The van der Waals surface area contributed by atoms with Crippen LogP contribution in [-0.4, -0.2) is 60.4 Å². The molecule has 0 bridgehead atoms. The zero-order chi connectivity index (χ0) is 23.3. The average molecular weight is 458 g/mol. The number of non-ortho nitro benzene ring substituents is 1. The van der Waals surface area contributed by atoms with Crippen LogP contribution in [0, 0.1) is 10.1 Å². The van der Waals surface area contributed by atoms with Crippen molar-refractivity contribution in [3.05, 3.63) is 76.6 Å². The molecule has 168 valence electrons. The van der Waals surface area contributed by atoms with Gasteiger partial charge in [0.05, 0.1) is 22.1 Å². The number of nitro benzene ring substituents is 1. The van der Waals surface area contributed by atoms with Crippen molar-refractivity contribution in [1.82, 2.24) is 14.7 Å². The highest BCUT2D eigenvalue weighted by Crippen LogP contribution is 2.18. The van der Waals surface area contributed by atoms with Crippen LogP contribution in [0.5, 0.6) is 5.75 Å². The number of aromatic nitrogens is 2. The molecule has 3 aromatic rings. The minimum atomic E-state index is -3.31. The monoisotopic (exact) mass is 458 g/mol. The van der Waals surface area contributed by atoms with Gasteiger partial charge in [0.25, 0.3) is 11.6 Å². The molecule has 0 N–H and O–H groups in total. The zero-order valence-electron chi connectivity index (χ0n) is 17.5. The number of hydrogen-bond acceptors (Lipinski definition) is 7. The number of carbonyl (C=O) groups excluding carboxylic acids is 1. The lowest BCUT2D eigenvalue weighted by Gasteiger charge is -2.16. The van der Waals surface area contributed by atoms with Gasteiger partial charge in [0.2, 0.25) is 0 Å². The van der Waals surface area contributed by atoms with Gasteiger partial charge in [0.15, 0.2) is 15.5 Å². The van der Waals surface area contributed by atoms with Crippen LogP contribution in [0.2, 0.25) is 0 Å². The van der Waals surface area contributed by atoms with Crippen LogP contribution >= 0.6 is 0 Å². The molecule has 10 nitrogen and oxygen atoms in total. The topological polar surface area (TPSA) is 125 Å². The highest BCUT2D eigenvalue weighted by Gasteiger charge is 2.16. The van der Waals surface area contributed by atoms with E-state index in [9.17, 15) is 23.3 Å². The highest BCUT2D eigenvalue weighted by atomic mass is 32.2. The standard InChI is InChI=1S/C21H22N4O6S/c1-23(11-5-13-31-18-8-4-9-19(15-18)32(2,29)30)21(26)20-10-12-24(22-20)16-6-3-7-17(14-16)25(27)28/h3-4,6-10,12,14-15H,5,11,13H2,1-2H3. The molecular weight excluding hydrogens is 436 g/mol. The van der Waals surface area contributed by atoms with E-state index in [4.69, 9.17) is 4.74 Å². The second-order valence-electron chi connectivity index (χ2n) is 7.10. The molecule has 0 saturated carbocycles. The minimum absolute atomic E-state index is 0.0648. The Bertz CT molecular complexity index is 1240. The lowest BCUT2D eigenvalue weighted by Crippen LogP contribution is -2.29. The SMILES string of the molecule is CN(CCCOc1cccc(S(C)(=O)=O)c1)C(=O)c1ccn(-c2cccc([N+](=O)[O-])c2)n1. The van der Waals surface area contributed by atoms with E-state index in [-0.39, 0.29) is 22.2 Å². The molecule has 1 aromatic heterocycles. The Morgan fingerprint density at radius 3 is 2.66 bits per heavy atom. The molecule has 2 aromatic carbocycles. The first kappa shape index (κ1) is 22.9. The van der Waals surface area contributed by atoms with Crippen molar-refractivity contribution in [3.8, 4) is 11.4 Å². The third-order valence-corrected chi connectivity index (χ3v) is 5.71. The van der Waals surface area contributed by atoms with Crippen LogP contribution in [0.3, 0.4) is 0 Å². The Balaban J connectivity index is 1.54. The maximum absolute atomic E-state index is 12.6. The number of amides is 1. The maximum Gasteiger partial charge on any atom is 0.274 e. The highest BCUT2D eigenvalue weighted by molar-refractivity contribution is 7.90. The average Bonchev–Trinajstić information content (AvgIpc) is 3.26. The molecule has 1 heterocycles. The van der Waals surface area contributed by atoms with Crippen molar-refractivity contribution in [2.24, 2.45) is 0 Å². The second-order valence-corrected chi connectivity index (χ2v) is 9.11. The summed E-state index contributed by atoms with van der Waals surface area (Å²) in [4.78, 5) is 24.7. The minimum Gasteiger partial charge on any atom is -0.493 e. The fourth-order valence-electron chi connectivity index (χ4n) is 2.91. The quantitative estimate of drug-likeness (QED) is 0.274. The van der Waals surface area contributed by atoms with Gasteiger partial charge in [-0.15, -0.1) is 0 Å². The van der Waals surface area contributed by atoms with Crippen molar-refractivity contribution in [3.63, 3.8) is 0 Å². The van der Waals surface area contributed by atoms with Crippen molar-refractivity contribution in [2.45, 2.75) is 11.3 Å². The van der Waals surface area contributed by atoms with Crippen LogP contribution in [0.25, 0.3) is 5.69 Å². The molecule has 0 aliphatic rings. The van der Waals surface area contributed by atoms with E-state index in [1.807, 2.05) is 0 Å². The number of nitro groups is 1. The molecule has 0 spiro atoms. The van der Waals surface area contributed by atoms with Gasteiger partial charge in [0, 0.05) is 38.2 Å². The molecule has 32 heavy (non-hydrogen) atoms. The van der Waals surface area contributed by atoms with Crippen molar-refractivity contribution in [1.29, 1.82) is 0 Å². The summed E-state index contributed by atoms with van der Waals surface area (Å²) in [6, 6.07) is 13.8. The van der Waals surface area contributed by atoms with E-state index >= 15 is 0 Å². The molecule has 0 aliphatic carbocycles. The van der Waals surface area contributed by atoms with Gasteiger partial charge in [-0.1, -0.05) is 12.1 Å². The first-order chi connectivity index (χ1) is 15.1. The number of benzene rings is 2. The van der Waals surface area contributed by atoms with Gasteiger partial charge >= 0.3 is 0 Å². The molecular formula is C21H22N4O6S. The number of hydrogen-bond donors (Lipinski definition) is 0. The van der Waals surface area contributed by atoms with Crippen LogP contribution in [0.15, 0.2) is 65.7 Å². The Morgan fingerprint density at radius 1 is 1.19 bits per heavy atom. The number of nitrogens with zero attached hydrogens (tertiary/aromatic N) is 4. The molecule has 3 rings (SSSR count). The molecule has 1 amide bonds. The lowest BCUT2D eigenvalue weighted by atomic mass is 10.3. The predicted molar refractivity (Wildman–Crippen MR) is 117 cm³/mol. The summed E-state index contributed by atoms with van der Waals surface area (Å²) in [5, 5.41) is 15.2. The lowest BCUT2D eigenvalue weighted by molar-refractivity contribution is -0.384. The van der Waals surface area contributed by atoms with Gasteiger partial charge in [-0.2, -0.15) is 5.10 Å². The van der Waals surface area contributed by atoms with Crippen molar-refractivity contribution >= 4 is 21.4 Å². The van der Waals surface area contributed by atoms with Crippen LogP contribution in [0.1, 0.15) is 16.9 Å². The Kier molecular flexibility index (Phi) is 6.89. The van der Waals surface area contributed by atoms with Crippen molar-refractivity contribution < 1.29 is 22.9 Å². The number of rotatable bonds is 9. The summed E-state index contributed by atoms with van der Waals surface area (Å²) in [5.41, 5.74) is 0.622. The second kappa shape index (κ2) is 9.60. The summed E-state index contributed by atoms with van der Waals surface area (Å²) in [6.07, 6.45) is 3.22. The van der Waals surface area contributed by atoms with Gasteiger partial charge in [-0.3, -0.25) is 14.9 Å². The summed E-state index contributed by atoms with van der Waals surface area (Å²) < 4.78 is 30.2. The molecule has 0 saturated heterocycles. The van der Waals surface area contributed by atoms with Gasteiger partial charge in [-0.25, -0.2) is 13.1 Å². The predicted octanol–water partition coefficient (Wildman–Crippen LogP) is 2.73. The van der Waals surface area contributed by atoms with Crippen LogP contribution < -0.4 is 4.74 Å². The number of ether oxygens (including phenoxy) is 1. The van der Waals surface area contributed by atoms with Crippen molar-refractivity contribution in [2.75, 3.05) is 26.5 Å². The zero-order valence-corrected chi connectivity index (χ0v) is 18.4. The van der Waals surface area contributed by atoms with Crippen LogP contribution in [0.4, 0.5) is 5.69 Å². The third-order valence-electron chi connectivity index (χ3n) is 4.60. The molecule has 0 atom stereocenters. The Hall–Kier alpha value is -3.73. The fourth-order valence-corrected chi connectivity index (χ4v) is 3.57. The maximum atomic E-state index is 12.6. The first-order valence-electron chi connectivity index (χ1n) is 9.64. The summed E-state index contributed by atoms with van der Waals surface area (Å²) in [7, 11) is -1.67. The normalized spacial score (nSPS) is 11.2. The van der Waals surface area contributed by atoms with E-state index in [1.54, 1.807) is 43.6 Å². The Labute approximate surface area is 185 Å². The summed E-state index contributed by atoms with van der Waals surface area (Å²) in [5.74, 6) is 0.144. The molecule has 0 fully saturated rings. The third kappa shape index (κ3) is 5.70.